The molecule has 0 aliphatic carbocycles. The van der Waals surface area contributed by atoms with Crippen molar-refractivity contribution in [2.75, 3.05) is 7.05 Å². The van der Waals surface area contributed by atoms with E-state index in [0.29, 0.717) is 0 Å². The Bertz CT molecular complexity index is 22.0. The van der Waals surface area contributed by atoms with Gasteiger partial charge in [0.15, 0.2) is 0 Å². The van der Waals surface area contributed by atoms with E-state index < -0.39 is 9.57 Å². The second-order valence-electron chi connectivity index (χ2n) is 0.407. The van der Waals surface area contributed by atoms with Crippen molar-refractivity contribution in [3.63, 3.8) is 0 Å². The molecule has 0 aromatic rings. The summed E-state index contributed by atoms with van der Waals surface area (Å²) in [6, 6.07) is 0. The van der Waals surface area contributed by atoms with Gasteiger partial charge in [-0.1, -0.05) is 0 Å². The molecule has 2 nitrogen and oxygen atoms in total. The summed E-state index contributed by atoms with van der Waals surface area (Å²) in [5.41, 5.74) is 0. The average Bonchev–Trinajstić information content (AvgIpc) is 1.37. The van der Waals surface area contributed by atoms with Crippen LogP contribution >= 0.6 is 0 Å². The lowest BCUT2D eigenvalue weighted by Crippen LogP contribution is -2.00. The smallest absolute Gasteiger partial charge is 0.376 e. The van der Waals surface area contributed by atoms with Crippen molar-refractivity contribution in [1.82, 2.24) is 4.98 Å². The van der Waals surface area contributed by atoms with E-state index in [-0.39, 0.29) is 0 Å². The van der Waals surface area contributed by atoms with Gasteiger partial charge in [0.2, 0.25) is 0 Å². The van der Waals surface area contributed by atoms with Gasteiger partial charge < -0.3 is 9.44 Å². The normalized spacial score (nSPS) is 5.25. The monoisotopic (exact) mass is 75.0 g/mol. The van der Waals surface area contributed by atoms with Crippen LogP contribution in [0.2, 0.25) is 0 Å². The number of rotatable bonds is 1. The van der Waals surface area contributed by atoms with Gasteiger partial charge >= 0.3 is 9.57 Å². The van der Waals surface area contributed by atoms with E-state index in [1.807, 2.05) is 0 Å². The minimum atomic E-state index is -0.718. The van der Waals surface area contributed by atoms with Gasteiger partial charge in [-0.05, 0) is 7.05 Å². The molecule has 24 valence electrons. The van der Waals surface area contributed by atoms with Crippen LogP contribution in [0, 0.1) is 0 Å². The van der Waals surface area contributed by atoms with Gasteiger partial charge in [-0.3, -0.25) is 0 Å². The lowest BCUT2D eigenvalue weighted by molar-refractivity contribution is 0.571. The first-order valence-corrected chi connectivity index (χ1v) is 2.07. The highest BCUT2D eigenvalue weighted by Crippen LogP contribution is 1.06. The molecule has 0 saturated heterocycles. The lowest BCUT2D eigenvalue weighted by Gasteiger charge is -1.63. The number of hydrogen-bond donors (Lipinski definition) is 1. The summed E-state index contributed by atoms with van der Waals surface area (Å²) in [5, 5.41) is 0. The molecular weight excluding hydrogens is 70.1 g/mol. The maximum atomic E-state index is 9.27. The van der Waals surface area contributed by atoms with E-state index in [2.05, 4.69) is 4.98 Å². The van der Waals surface area contributed by atoms with Crippen LogP contribution in [0.5, 0.6) is 0 Å². The Labute approximate surface area is 27.2 Å². The first-order chi connectivity index (χ1) is 1.91. The summed E-state index contributed by atoms with van der Waals surface area (Å²) in [6.45, 7) is 0. The fourth-order valence-electron chi connectivity index (χ4n) is 0. The minimum Gasteiger partial charge on any atom is -0.395 e. The molecule has 0 aromatic carbocycles. The zero-order chi connectivity index (χ0) is 3.41. The molecule has 0 saturated carbocycles. The Morgan fingerprint density at radius 2 is 2.25 bits per heavy atom. The van der Waals surface area contributed by atoms with Gasteiger partial charge in [0, 0.05) is 0 Å². The van der Waals surface area contributed by atoms with Crippen molar-refractivity contribution in [3.8, 4) is 0 Å². The molecule has 4 heavy (non-hydrogen) atoms. The summed E-state index contributed by atoms with van der Waals surface area (Å²) in [4.78, 5) is 2.46. The maximum absolute atomic E-state index is 9.27. The second kappa shape index (κ2) is 2.82. The van der Waals surface area contributed by atoms with Gasteiger partial charge in [0.25, 0.3) is 0 Å². The van der Waals surface area contributed by atoms with Crippen molar-refractivity contribution in [2.24, 2.45) is 0 Å². The second-order valence-corrected chi connectivity index (χ2v) is 1.22. The molecule has 3 heteroatoms. The molecule has 0 unspecified atom stereocenters. The average molecular weight is 75.1 g/mol. The van der Waals surface area contributed by atoms with Crippen LogP contribution < -0.4 is 4.98 Å². The molecule has 0 atom stereocenters. The summed E-state index contributed by atoms with van der Waals surface area (Å²) in [6.07, 6.45) is 0. The fraction of sp³-hybridized carbons (Fsp3) is 1.00. The first-order valence-electron chi connectivity index (χ1n) is 1.02. The Hall–Kier alpha value is -0.183. The van der Waals surface area contributed by atoms with Crippen LogP contribution in [0.3, 0.4) is 0 Å². The van der Waals surface area contributed by atoms with Crippen molar-refractivity contribution in [2.45, 2.75) is 0 Å². The van der Waals surface area contributed by atoms with E-state index in [0.717, 1.165) is 0 Å². The Balaban J connectivity index is 2.30. The molecule has 0 radical (unpaired) electrons. The minimum absolute atomic E-state index is 0.718. The predicted octanol–water partition coefficient (Wildman–Crippen LogP) is -1.10. The van der Waals surface area contributed by atoms with Crippen molar-refractivity contribution < 1.29 is 4.46 Å². The highest BCUT2D eigenvalue weighted by Gasteiger charge is 1.48. The summed E-state index contributed by atoms with van der Waals surface area (Å²) < 4.78 is 9.27. The van der Waals surface area contributed by atoms with Crippen LogP contribution in [0.25, 0.3) is 0 Å². The Morgan fingerprint density at radius 1 is 2.00 bits per heavy atom. The maximum Gasteiger partial charge on any atom is 0.376 e. The Morgan fingerprint density at radius 3 is 2.25 bits per heavy atom. The molecule has 0 aliphatic rings. The van der Waals surface area contributed by atoms with E-state index in [9.17, 15) is 4.46 Å². The predicted molar refractivity (Wildman–Crippen MR) is 16.9 cm³/mol. The van der Waals surface area contributed by atoms with E-state index in [1.54, 1.807) is 7.05 Å². The SMILES string of the molecule is CN[SiH]=O. The van der Waals surface area contributed by atoms with Crippen LogP contribution in [0.4, 0.5) is 0 Å². The molecule has 1 N–H and O–H groups in total. The van der Waals surface area contributed by atoms with Crippen LogP contribution in [0.15, 0.2) is 0 Å². The zero-order valence-corrected chi connectivity index (χ0v) is 3.64. The number of hydrogen-bond acceptors (Lipinski definition) is 1. The molecule has 0 fully saturated rings. The van der Waals surface area contributed by atoms with Crippen molar-refractivity contribution >= 4 is 9.57 Å². The van der Waals surface area contributed by atoms with Gasteiger partial charge in [-0.25, -0.2) is 0 Å². The molecule has 0 aliphatic heterocycles. The Kier molecular flexibility index (Phi) is 2.69. The molecule has 0 spiro atoms. The zero-order valence-electron chi connectivity index (χ0n) is 2.49. The van der Waals surface area contributed by atoms with Crippen LogP contribution in [-0.4, -0.2) is 16.6 Å². The summed E-state index contributed by atoms with van der Waals surface area (Å²) in [7, 11) is 0.937. The molecule has 0 amide bonds. The third kappa shape index (κ3) is 1.82. The topological polar surface area (TPSA) is 29.1 Å². The molecule has 0 bridgehead atoms. The molecule has 0 aromatic heterocycles. The van der Waals surface area contributed by atoms with E-state index >= 15 is 0 Å². The van der Waals surface area contributed by atoms with Gasteiger partial charge in [0.05, 0.1) is 0 Å². The third-order valence-corrected chi connectivity index (χ3v) is 0.354. The van der Waals surface area contributed by atoms with E-state index in [4.69, 9.17) is 0 Å². The largest absolute Gasteiger partial charge is 0.395 e. The van der Waals surface area contributed by atoms with Crippen molar-refractivity contribution in [1.29, 1.82) is 0 Å². The first kappa shape index (κ1) is 3.82. The third-order valence-electron chi connectivity index (χ3n) is 0.118. The quantitative estimate of drug-likeness (QED) is 0.401. The summed E-state index contributed by atoms with van der Waals surface area (Å²) in [5.74, 6) is 0. The molecule has 0 rings (SSSR count). The van der Waals surface area contributed by atoms with Gasteiger partial charge in [-0.15, -0.1) is 0 Å². The summed E-state index contributed by atoms with van der Waals surface area (Å²) >= 11 is 0. The standard InChI is InChI=1S/CH5NOSi/c1-2-4-3/h2,4H,1H3. The van der Waals surface area contributed by atoms with Crippen molar-refractivity contribution in [3.05, 3.63) is 0 Å². The van der Waals surface area contributed by atoms with Gasteiger partial charge in [-0.2, -0.15) is 0 Å². The van der Waals surface area contributed by atoms with E-state index in [1.165, 1.54) is 0 Å². The number of nitrogens with one attached hydrogen (secondary N) is 1. The fourth-order valence-corrected chi connectivity index (χ4v) is 0. The molecular formula is CH5NOSi. The molecule has 0 heterocycles. The van der Waals surface area contributed by atoms with Crippen LogP contribution in [0.1, 0.15) is 0 Å². The van der Waals surface area contributed by atoms with Gasteiger partial charge in [0.1, 0.15) is 0 Å². The lowest BCUT2D eigenvalue weighted by atomic mass is 11.6. The highest BCUT2D eigenvalue weighted by atomic mass is 28.2. The van der Waals surface area contributed by atoms with Crippen LogP contribution in [-0.2, 0) is 4.46 Å². The highest BCUT2D eigenvalue weighted by molar-refractivity contribution is 6.12.